The Kier molecular flexibility index (Phi) is 3.77. The first-order valence-electron chi connectivity index (χ1n) is 5.28. The van der Waals surface area contributed by atoms with Crippen LogP contribution in [0.4, 0.5) is 5.69 Å². The predicted molar refractivity (Wildman–Crippen MR) is 70.2 cm³/mol. The Balaban J connectivity index is 2.22. The summed E-state index contributed by atoms with van der Waals surface area (Å²) in [6, 6.07) is 7.44. The van der Waals surface area contributed by atoms with E-state index in [0.717, 1.165) is 0 Å². The minimum atomic E-state index is -0.575. The molecule has 0 spiro atoms. The molecule has 19 heavy (non-hydrogen) atoms. The highest BCUT2D eigenvalue weighted by molar-refractivity contribution is 6.32. The van der Waals surface area contributed by atoms with Gasteiger partial charge in [0.15, 0.2) is 5.76 Å². The first-order chi connectivity index (χ1) is 9.08. The van der Waals surface area contributed by atoms with Crippen LogP contribution in [0.15, 0.2) is 47.1 Å². The Bertz CT molecular complexity index is 647. The van der Waals surface area contributed by atoms with E-state index in [4.69, 9.17) is 16.0 Å². The van der Waals surface area contributed by atoms with Crippen LogP contribution >= 0.6 is 11.6 Å². The molecule has 0 amide bonds. The molecule has 0 saturated carbocycles. The number of nitrogens with zero attached hydrogens (tertiary/aromatic N) is 1. The van der Waals surface area contributed by atoms with Crippen LogP contribution < -0.4 is 0 Å². The van der Waals surface area contributed by atoms with Crippen molar-refractivity contribution in [1.29, 1.82) is 0 Å². The maximum Gasteiger partial charge on any atom is 0.288 e. The van der Waals surface area contributed by atoms with Gasteiger partial charge in [0, 0.05) is 6.07 Å². The van der Waals surface area contributed by atoms with Crippen LogP contribution in [0.25, 0.3) is 6.08 Å². The second-order valence-electron chi connectivity index (χ2n) is 3.64. The van der Waals surface area contributed by atoms with E-state index >= 15 is 0 Å². The van der Waals surface area contributed by atoms with Crippen molar-refractivity contribution in [1.82, 2.24) is 0 Å². The molecule has 1 heterocycles. The number of nitro benzene ring substituents is 1. The number of rotatable bonds is 4. The third kappa shape index (κ3) is 3.08. The number of hydrogen-bond donors (Lipinski definition) is 0. The number of allylic oxidation sites excluding steroid dienone is 1. The van der Waals surface area contributed by atoms with Crippen molar-refractivity contribution in [2.24, 2.45) is 0 Å². The highest BCUT2D eigenvalue weighted by Crippen LogP contribution is 2.25. The van der Waals surface area contributed by atoms with Gasteiger partial charge < -0.3 is 4.42 Å². The summed E-state index contributed by atoms with van der Waals surface area (Å²) < 4.78 is 4.93. The molecule has 2 rings (SSSR count). The smallest absolute Gasteiger partial charge is 0.288 e. The second kappa shape index (κ2) is 5.49. The van der Waals surface area contributed by atoms with Crippen molar-refractivity contribution in [3.63, 3.8) is 0 Å². The Labute approximate surface area is 113 Å². The number of carbonyl (C=O) groups excluding carboxylic acids is 1. The van der Waals surface area contributed by atoms with E-state index in [0.29, 0.717) is 5.56 Å². The van der Waals surface area contributed by atoms with Crippen molar-refractivity contribution in [2.45, 2.75) is 0 Å². The summed E-state index contributed by atoms with van der Waals surface area (Å²) in [6.07, 6.45) is 4.15. The minimum absolute atomic E-state index is 0.0551. The topological polar surface area (TPSA) is 73.3 Å². The van der Waals surface area contributed by atoms with Crippen LogP contribution in [-0.2, 0) is 0 Å². The molecule has 5 nitrogen and oxygen atoms in total. The minimum Gasteiger partial charge on any atom is -0.461 e. The molecule has 0 atom stereocenters. The van der Waals surface area contributed by atoms with Crippen molar-refractivity contribution in [2.75, 3.05) is 0 Å². The lowest BCUT2D eigenvalue weighted by atomic mass is 10.1. The van der Waals surface area contributed by atoms with E-state index < -0.39 is 4.92 Å². The quantitative estimate of drug-likeness (QED) is 0.369. The van der Waals surface area contributed by atoms with Gasteiger partial charge in [-0.1, -0.05) is 23.7 Å². The molecule has 0 radical (unpaired) electrons. The third-order valence-corrected chi connectivity index (χ3v) is 2.68. The summed E-state index contributed by atoms with van der Waals surface area (Å²) in [5.41, 5.74) is 0.310. The average molecular weight is 278 g/mol. The summed E-state index contributed by atoms with van der Waals surface area (Å²) >= 11 is 5.69. The summed E-state index contributed by atoms with van der Waals surface area (Å²) in [6.45, 7) is 0. The molecule has 0 aliphatic rings. The monoisotopic (exact) mass is 277 g/mol. The van der Waals surface area contributed by atoms with E-state index in [1.54, 1.807) is 12.1 Å². The van der Waals surface area contributed by atoms with Gasteiger partial charge in [0.2, 0.25) is 5.78 Å². The van der Waals surface area contributed by atoms with Crippen LogP contribution in [0.1, 0.15) is 16.1 Å². The first-order valence-corrected chi connectivity index (χ1v) is 5.65. The van der Waals surface area contributed by atoms with Gasteiger partial charge in [-0.05, 0) is 29.8 Å². The summed E-state index contributed by atoms with van der Waals surface area (Å²) in [5, 5.41) is 10.8. The summed E-state index contributed by atoms with van der Waals surface area (Å²) in [4.78, 5) is 21.8. The zero-order valence-electron chi connectivity index (χ0n) is 9.58. The van der Waals surface area contributed by atoms with E-state index in [1.165, 1.54) is 36.6 Å². The van der Waals surface area contributed by atoms with Gasteiger partial charge in [-0.25, -0.2) is 0 Å². The standard InChI is InChI=1S/C13H8ClNO4/c14-10-5-3-9(8-11(10)15(17)18)4-6-12(16)13-2-1-7-19-13/h1-8H. The highest BCUT2D eigenvalue weighted by atomic mass is 35.5. The number of carbonyl (C=O) groups is 1. The van der Waals surface area contributed by atoms with Crippen molar-refractivity contribution in [3.8, 4) is 0 Å². The molecule has 0 fully saturated rings. The lowest BCUT2D eigenvalue weighted by molar-refractivity contribution is -0.384. The van der Waals surface area contributed by atoms with Crippen molar-refractivity contribution >= 4 is 29.1 Å². The molecule has 2 aromatic rings. The van der Waals surface area contributed by atoms with Crippen LogP contribution in [-0.4, -0.2) is 10.7 Å². The van der Waals surface area contributed by atoms with Gasteiger partial charge in [-0.3, -0.25) is 14.9 Å². The Morgan fingerprint density at radius 2 is 2.16 bits per heavy atom. The maximum atomic E-state index is 11.6. The Hall–Kier alpha value is -2.40. The normalized spacial score (nSPS) is 10.8. The predicted octanol–water partition coefficient (Wildman–Crippen LogP) is 3.74. The van der Waals surface area contributed by atoms with E-state index in [-0.39, 0.29) is 22.3 Å². The van der Waals surface area contributed by atoms with Crippen LogP contribution in [0.3, 0.4) is 0 Å². The molecule has 0 bridgehead atoms. The Morgan fingerprint density at radius 1 is 1.37 bits per heavy atom. The zero-order chi connectivity index (χ0) is 13.8. The number of hydrogen-bond acceptors (Lipinski definition) is 4. The van der Waals surface area contributed by atoms with E-state index in [2.05, 4.69) is 0 Å². The summed E-state index contributed by atoms with van der Waals surface area (Å²) in [7, 11) is 0. The number of furan rings is 1. The lowest BCUT2D eigenvalue weighted by Crippen LogP contribution is -1.91. The molecule has 0 aliphatic carbocycles. The van der Waals surface area contributed by atoms with E-state index in [9.17, 15) is 14.9 Å². The Morgan fingerprint density at radius 3 is 2.79 bits per heavy atom. The van der Waals surface area contributed by atoms with Crippen LogP contribution in [0.5, 0.6) is 0 Å². The molecule has 1 aromatic carbocycles. The fraction of sp³-hybridized carbons (Fsp3) is 0. The largest absolute Gasteiger partial charge is 0.461 e. The molecular weight excluding hydrogens is 270 g/mol. The van der Waals surface area contributed by atoms with Crippen molar-refractivity contribution < 1.29 is 14.1 Å². The fourth-order valence-electron chi connectivity index (χ4n) is 1.45. The number of benzene rings is 1. The first kappa shape index (κ1) is 13.0. The highest BCUT2D eigenvalue weighted by Gasteiger charge is 2.12. The molecule has 6 heteroatoms. The van der Waals surface area contributed by atoms with Crippen molar-refractivity contribution in [3.05, 3.63) is 69.1 Å². The molecule has 0 aliphatic heterocycles. The van der Waals surface area contributed by atoms with Gasteiger partial charge in [-0.15, -0.1) is 0 Å². The molecule has 1 aromatic heterocycles. The maximum absolute atomic E-state index is 11.6. The van der Waals surface area contributed by atoms with Crippen LogP contribution in [0, 0.1) is 10.1 Å². The van der Waals surface area contributed by atoms with E-state index in [1.807, 2.05) is 0 Å². The van der Waals surface area contributed by atoms with Gasteiger partial charge in [-0.2, -0.15) is 0 Å². The molecular formula is C13H8ClNO4. The lowest BCUT2D eigenvalue weighted by Gasteiger charge is -1.97. The van der Waals surface area contributed by atoms with Gasteiger partial charge in [0.1, 0.15) is 5.02 Å². The van der Waals surface area contributed by atoms with Gasteiger partial charge in [0.05, 0.1) is 11.2 Å². The summed E-state index contributed by atoms with van der Waals surface area (Å²) in [5.74, 6) is -0.109. The molecule has 0 unspecified atom stereocenters. The number of halogens is 1. The second-order valence-corrected chi connectivity index (χ2v) is 4.05. The zero-order valence-corrected chi connectivity index (χ0v) is 10.3. The molecule has 0 N–H and O–H groups in total. The number of nitro groups is 1. The average Bonchev–Trinajstić information content (AvgIpc) is 2.91. The SMILES string of the molecule is O=C(C=Cc1ccc(Cl)c([N+](=O)[O-])c1)c1ccco1. The number of ketones is 1. The van der Waals surface area contributed by atoms with Gasteiger partial charge >= 0.3 is 0 Å². The fourth-order valence-corrected chi connectivity index (χ4v) is 1.63. The molecule has 0 saturated heterocycles. The molecule has 96 valence electrons. The third-order valence-electron chi connectivity index (χ3n) is 2.36. The van der Waals surface area contributed by atoms with Gasteiger partial charge in [0.25, 0.3) is 5.69 Å². The van der Waals surface area contributed by atoms with Crippen LogP contribution in [0.2, 0.25) is 5.02 Å².